The second kappa shape index (κ2) is 5.56. The van der Waals surface area contributed by atoms with E-state index in [9.17, 15) is 3.89 Å². The van der Waals surface area contributed by atoms with E-state index in [4.69, 9.17) is 0 Å². The Morgan fingerprint density at radius 1 is 0.875 bits per heavy atom. The van der Waals surface area contributed by atoms with Crippen LogP contribution < -0.4 is 4.18 Å². The molecule has 16 heavy (non-hydrogen) atoms. The smallest absolute Gasteiger partial charge is 0.272 e. The highest BCUT2D eigenvalue weighted by molar-refractivity contribution is 7.89. The SMILES string of the molecule is FSOc1ccc(Cc2ccccc2)cc1. The van der Waals surface area contributed by atoms with E-state index in [2.05, 4.69) is 16.3 Å². The van der Waals surface area contributed by atoms with Gasteiger partial charge < -0.3 is 4.18 Å². The van der Waals surface area contributed by atoms with Crippen LogP contribution in [0, 0.1) is 0 Å². The van der Waals surface area contributed by atoms with Crippen molar-refractivity contribution in [2.75, 3.05) is 0 Å². The minimum Gasteiger partial charge on any atom is -0.397 e. The molecule has 0 fully saturated rings. The number of hydrogen-bond acceptors (Lipinski definition) is 2. The zero-order chi connectivity index (χ0) is 11.2. The van der Waals surface area contributed by atoms with Crippen LogP contribution >= 0.6 is 12.4 Å². The highest BCUT2D eigenvalue weighted by atomic mass is 32.2. The Balaban J connectivity index is 2.05. The van der Waals surface area contributed by atoms with Gasteiger partial charge in [-0.05, 0) is 29.7 Å². The lowest BCUT2D eigenvalue weighted by Gasteiger charge is -2.03. The van der Waals surface area contributed by atoms with E-state index in [0.717, 1.165) is 6.42 Å². The van der Waals surface area contributed by atoms with Crippen molar-refractivity contribution in [1.29, 1.82) is 0 Å². The largest absolute Gasteiger partial charge is 0.397 e. The molecule has 0 saturated heterocycles. The summed E-state index contributed by atoms with van der Waals surface area (Å²) >= 11 is -0.135. The van der Waals surface area contributed by atoms with Crippen LogP contribution in [-0.2, 0) is 6.42 Å². The first kappa shape index (κ1) is 11.0. The van der Waals surface area contributed by atoms with Crippen LogP contribution in [0.1, 0.15) is 11.1 Å². The Hall–Kier alpha value is -1.48. The van der Waals surface area contributed by atoms with Crippen molar-refractivity contribution in [1.82, 2.24) is 0 Å². The van der Waals surface area contributed by atoms with Crippen LogP contribution in [-0.4, -0.2) is 0 Å². The van der Waals surface area contributed by atoms with Gasteiger partial charge in [0.2, 0.25) is 0 Å². The highest BCUT2D eigenvalue weighted by Gasteiger charge is 1.97. The summed E-state index contributed by atoms with van der Waals surface area (Å²) in [5, 5.41) is 0. The highest BCUT2D eigenvalue weighted by Crippen LogP contribution is 2.19. The van der Waals surface area contributed by atoms with Crippen LogP contribution in [0.15, 0.2) is 54.6 Å². The van der Waals surface area contributed by atoms with E-state index in [-0.39, 0.29) is 12.4 Å². The van der Waals surface area contributed by atoms with Crippen molar-refractivity contribution in [3.05, 3.63) is 65.7 Å². The fourth-order valence-electron chi connectivity index (χ4n) is 1.53. The number of halogens is 1. The zero-order valence-corrected chi connectivity index (χ0v) is 9.41. The van der Waals surface area contributed by atoms with Crippen LogP contribution in [0.4, 0.5) is 3.89 Å². The summed E-state index contributed by atoms with van der Waals surface area (Å²) in [5.41, 5.74) is 2.44. The van der Waals surface area contributed by atoms with Crippen molar-refractivity contribution in [2.45, 2.75) is 6.42 Å². The van der Waals surface area contributed by atoms with Gasteiger partial charge in [-0.2, -0.15) is 0 Å². The third-order valence-corrected chi connectivity index (χ3v) is 2.56. The summed E-state index contributed by atoms with van der Waals surface area (Å²) in [6.45, 7) is 0. The van der Waals surface area contributed by atoms with Gasteiger partial charge >= 0.3 is 0 Å². The standard InChI is InChI=1S/C13H11FOS/c14-16-15-13-8-6-12(7-9-13)10-11-4-2-1-3-5-11/h1-9H,10H2. The quantitative estimate of drug-likeness (QED) is 0.734. The monoisotopic (exact) mass is 234 g/mol. The molecule has 0 aliphatic rings. The second-order valence-corrected chi connectivity index (χ2v) is 3.75. The minimum absolute atomic E-state index is 0.135. The molecule has 0 saturated carbocycles. The predicted molar refractivity (Wildman–Crippen MR) is 65.0 cm³/mol. The normalized spacial score (nSPS) is 10.1. The Morgan fingerprint density at radius 3 is 2.12 bits per heavy atom. The second-order valence-electron chi connectivity index (χ2n) is 3.45. The molecule has 0 radical (unpaired) electrons. The maximum Gasteiger partial charge on any atom is 0.272 e. The Labute approximate surface area is 98.8 Å². The van der Waals surface area contributed by atoms with Crippen LogP contribution in [0.2, 0.25) is 0 Å². The van der Waals surface area contributed by atoms with Gasteiger partial charge in [-0.1, -0.05) is 42.5 Å². The molecule has 0 aliphatic carbocycles. The van der Waals surface area contributed by atoms with Gasteiger partial charge in [0.1, 0.15) is 5.75 Å². The van der Waals surface area contributed by atoms with E-state index in [1.165, 1.54) is 11.1 Å². The maximum atomic E-state index is 11.8. The molecule has 0 N–H and O–H groups in total. The molecule has 82 valence electrons. The molecule has 2 aromatic carbocycles. The summed E-state index contributed by atoms with van der Waals surface area (Å²) in [6.07, 6.45) is 0.879. The van der Waals surface area contributed by atoms with Gasteiger partial charge in [0, 0.05) is 0 Å². The van der Waals surface area contributed by atoms with Crippen LogP contribution in [0.5, 0.6) is 5.75 Å². The molecule has 1 nitrogen and oxygen atoms in total. The van der Waals surface area contributed by atoms with Gasteiger partial charge in [-0.25, -0.2) is 0 Å². The molecule has 0 bridgehead atoms. The average Bonchev–Trinajstić information content (AvgIpc) is 2.33. The third-order valence-electron chi connectivity index (χ3n) is 2.30. The first-order chi connectivity index (χ1) is 7.88. The Morgan fingerprint density at radius 2 is 1.50 bits per heavy atom. The predicted octanol–water partition coefficient (Wildman–Crippen LogP) is 4.19. The molecule has 3 heteroatoms. The molecule has 0 unspecified atom stereocenters. The van der Waals surface area contributed by atoms with Crippen LogP contribution in [0.3, 0.4) is 0 Å². The summed E-state index contributed by atoms with van der Waals surface area (Å²) < 4.78 is 16.5. The molecular weight excluding hydrogens is 223 g/mol. The molecule has 2 aromatic rings. The fourth-order valence-corrected chi connectivity index (χ4v) is 1.71. The summed E-state index contributed by atoms with van der Waals surface area (Å²) in [5.74, 6) is 0.532. The molecule has 0 aliphatic heterocycles. The Bertz CT molecular complexity index is 427. The first-order valence-electron chi connectivity index (χ1n) is 4.96. The topological polar surface area (TPSA) is 9.23 Å². The summed E-state index contributed by atoms with van der Waals surface area (Å²) in [4.78, 5) is 0. The van der Waals surface area contributed by atoms with Gasteiger partial charge in [0.05, 0.1) is 0 Å². The fraction of sp³-hybridized carbons (Fsp3) is 0.0769. The molecule has 0 atom stereocenters. The maximum absolute atomic E-state index is 11.8. The van der Waals surface area contributed by atoms with Crippen molar-refractivity contribution < 1.29 is 8.07 Å². The van der Waals surface area contributed by atoms with Gasteiger partial charge in [0.15, 0.2) is 0 Å². The van der Waals surface area contributed by atoms with E-state index in [1.54, 1.807) is 12.1 Å². The zero-order valence-electron chi connectivity index (χ0n) is 8.60. The number of hydrogen-bond donors (Lipinski definition) is 0. The van der Waals surface area contributed by atoms with E-state index in [0.29, 0.717) is 5.75 Å². The lowest BCUT2D eigenvalue weighted by molar-refractivity contribution is 0.611. The van der Waals surface area contributed by atoms with Gasteiger partial charge in [0.25, 0.3) is 12.4 Å². The average molecular weight is 234 g/mol. The molecule has 0 heterocycles. The molecule has 0 spiro atoms. The van der Waals surface area contributed by atoms with E-state index in [1.807, 2.05) is 30.3 Å². The van der Waals surface area contributed by atoms with Crippen molar-refractivity contribution >= 4 is 12.4 Å². The number of rotatable bonds is 4. The van der Waals surface area contributed by atoms with Crippen molar-refractivity contribution in [3.63, 3.8) is 0 Å². The Kier molecular flexibility index (Phi) is 3.83. The summed E-state index contributed by atoms with van der Waals surface area (Å²) in [7, 11) is 0. The van der Waals surface area contributed by atoms with Gasteiger partial charge in [-0.3, -0.25) is 0 Å². The van der Waals surface area contributed by atoms with Gasteiger partial charge in [-0.15, -0.1) is 3.89 Å². The molecule has 2 rings (SSSR count). The van der Waals surface area contributed by atoms with Crippen molar-refractivity contribution in [2.24, 2.45) is 0 Å². The number of benzene rings is 2. The molecular formula is C13H11FOS. The lowest BCUT2D eigenvalue weighted by Crippen LogP contribution is -1.87. The molecule has 0 amide bonds. The first-order valence-corrected chi connectivity index (χ1v) is 5.61. The van der Waals surface area contributed by atoms with E-state index < -0.39 is 0 Å². The summed E-state index contributed by atoms with van der Waals surface area (Å²) in [6, 6.07) is 17.6. The van der Waals surface area contributed by atoms with E-state index >= 15 is 0 Å². The van der Waals surface area contributed by atoms with Crippen LogP contribution in [0.25, 0.3) is 0 Å². The molecule has 0 aromatic heterocycles. The van der Waals surface area contributed by atoms with Crippen molar-refractivity contribution in [3.8, 4) is 5.75 Å². The third kappa shape index (κ3) is 3.00. The lowest BCUT2D eigenvalue weighted by atomic mass is 10.1. The minimum atomic E-state index is -0.135.